The largest absolute Gasteiger partial charge is 0.489 e. The molecule has 290 valence electrons. The number of ether oxygens (including phenoxy) is 1. The molecule has 1 unspecified atom stereocenters. The van der Waals surface area contributed by atoms with Crippen LogP contribution in [0.1, 0.15) is 101 Å². The summed E-state index contributed by atoms with van der Waals surface area (Å²) in [4.78, 5) is 73.5. The molecule has 2 N–H and O–H groups in total. The molecular weight excluding hydrogens is 732 g/mol. The fourth-order valence-corrected chi connectivity index (χ4v) is 10.1. The molecule has 0 spiro atoms. The molecule has 8 rings (SSSR count). The fourth-order valence-electron chi connectivity index (χ4n) is 9.92. The van der Waals surface area contributed by atoms with Gasteiger partial charge in [0.05, 0.1) is 22.7 Å². The molecule has 0 aromatic heterocycles. The van der Waals surface area contributed by atoms with Gasteiger partial charge in [0.1, 0.15) is 17.9 Å². The summed E-state index contributed by atoms with van der Waals surface area (Å²) in [5.41, 5.74) is 4.16. The van der Waals surface area contributed by atoms with E-state index in [-0.39, 0.29) is 41.7 Å². The molecule has 4 heterocycles. The maximum absolute atomic E-state index is 13.5. The maximum atomic E-state index is 13.5. The second-order valence-corrected chi connectivity index (χ2v) is 17.4. The number of hydrogen-bond donors (Lipinski definition) is 2. The van der Waals surface area contributed by atoms with Crippen LogP contribution in [0.2, 0.25) is 5.02 Å². The quantitative estimate of drug-likeness (QED) is 0.214. The van der Waals surface area contributed by atoms with Crippen LogP contribution in [0, 0.1) is 17.4 Å². The fraction of sp³-hybridized carbons (Fsp3) is 0.442. The van der Waals surface area contributed by atoms with E-state index in [0.29, 0.717) is 52.3 Å². The van der Waals surface area contributed by atoms with Crippen LogP contribution >= 0.6 is 11.6 Å². The van der Waals surface area contributed by atoms with Crippen molar-refractivity contribution in [2.75, 3.05) is 13.1 Å². The van der Waals surface area contributed by atoms with Gasteiger partial charge in [0.2, 0.25) is 17.5 Å². The van der Waals surface area contributed by atoms with E-state index in [1.807, 2.05) is 36.4 Å². The van der Waals surface area contributed by atoms with E-state index < -0.39 is 29.7 Å². The first kappa shape index (κ1) is 37.8. The van der Waals surface area contributed by atoms with Crippen molar-refractivity contribution in [2.24, 2.45) is 10.8 Å². The van der Waals surface area contributed by atoms with Crippen molar-refractivity contribution in [3.8, 4) is 5.75 Å². The minimum atomic E-state index is -0.967. The number of amides is 5. The number of benzene rings is 3. The van der Waals surface area contributed by atoms with Crippen molar-refractivity contribution in [1.82, 2.24) is 25.3 Å². The molecule has 4 aliphatic heterocycles. The summed E-state index contributed by atoms with van der Waals surface area (Å²) in [5.74, 6) is -1.46. The monoisotopic (exact) mass is 776 g/mol. The Morgan fingerprint density at radius 1 is 0.911 bits per heavy atom. The number of likely N-dealkylation sites (tertiary alicyclic amines) is 1. The molecule has 0 bridgehead atoms. The second kappa shape index (κ2) is 14.1. The second-order valence-electron chi connectivity index (χ2n) is 17.0. The highest BCUT2D eigenvalue weighted by atomic mass is 35.5. The summed E-state index contributed by atoms with van der Waals surface area (Å²) >= 11 is 6.25. The predicted molar refractivity (Wildman–Crippen MR) is 208 cm³/mol. The number of halogens is 1. The molecule has 5 amide bonds. The Balaban J connectivity index is 0.821. The van der Waals surface area contributed by atoms with Crippen molar-refractivity contribution >= 4 is 46.8 Å². The van der Waals surface area contributed by atoms with Crippen molar-refractivity contribution in [2.45, 2.75) is 97.2 Å². The summed E-state index contributed by atoms with van der Waals surface area (Å²) in [7, 11) is 0. The Morgan fingerprint density at radius 3 is 2.11 bits per heavy atom. The topological polar surface area (TPSA) is 133 Å². The average Bonchev–Trinajstić information content (AvgIpc) is 3.69. The Bertz CT molecular complexity index is 2140. The van der Waals surface area contributed by atoms with E-state index >= 15 is 0 Å². The summed E-state index contributed by atoms with van der Waals surface area (Å²) in [6.07, 6.45) is 2.04. The van der Waals surface area contributed by atoms with Gasteiger partial charge in [0.15, 0.2) is 0 Å². The van der Waals surface area contributed by atoms with Crippen LogP contribution in [-0.2, 0) is 29.2 Å². The third kappa shape index (κ3) is 6.55. The lowest BCUT2D eigenvalue weighted by Crippen LogP contribution is -2.74. The number of rotatable bonds is 8. The molecule has 1 aliphatic carbocycles. The van der Waals surface area contributed by atoms with Gasteiger partial charge in [0.25, 0.3) is 17.7 Å². The molecule has 1 saturated carbocycles. The lowest BCUT2D eigenvalue weighted by Gasteiger charge is -2.63. The molecular formula is C43H45ClN6O6. The van der Waals surface area contributed by atoms with Crippen LogP contribution in [0.15, 0.2) is 54.6 Å². The van der Waals surface area contributed by atoms with E-state index in [1.165, 1.54) is 0 Å². The van der Waals surface area contributed by atoms with Gasteiger partial charge >= 0.3 is 0 Å². The van der Waals surface area contributed by atoms with Crippen LogP contribution in [0.3, 0.4) is 0 Å². The summed E-state index contributed by atoms with van der Waals surface area (Å²) in [5, 5.41) is 5.87. The smallest absolute Gasteiger partial charge is 0.262 e. The number of nitrogens with zero attached hydrogens (tertiary/aromatic N) is 4. The number of carbonyl (C=O) groups is 5. The van der Waals surface area contributed by atoms with Gasteiger partial charge in [-0.05, 0) is 85.4 Å². The van der Waals surface area contributed by atoms with Gasteiger partial charge in [-0.2, -0.15) is 0 Å². The zero-order chi connectivity index (χ0) is 39.7. The third-order valence-corrected chi connectivity index (χ3v) is 12.9. The van der Waals surface area contributed by atoms with Crippen molar-refractivity contribution in [3.63, 3.8) is 0 Å². The van der Waals surface area contributed by atoms with Crippen molar-refractivity contribution in [3.05, 3.63) is 104 Å². The van der Waals surface area contributed by atoms with E-state index in [4.69, 9.17) is 22.9 Å². The zero-order valence-electron chi connectivity index (χ0n) is 32.0. The zero-order valence-corrected chi connectivity index (χ0v) is 32.7. The van der Waals surface area contributed by atoms with Crippen molar-refractivity contribution < 1.29 is 28.7 Å². The Morgan fingerprint density at radius 2 is 1.54 bits per heavy atom. The Hall–Kier alpha value is -5.09. The molecule has 2 saturated heterocycles. The third-order valence-electron chi connectivity index (χ3n) is 12.6. The van der Waals surface area contributed by atoms with Crippen molar-refractivity contribution in [1.29, 1.82) is 0 Å². The standard InChI is InChI=1S/C43H45ClN6O6/c1-42(2)40(43(3,4)41(42)56-29-10-11-33(45-5)32(44)20-29)47-36(52)25-8-6-24(7-9-25)21-48-16-14-28(15-17-48)49-22-26-18-30-31(19-27(26)23-49)39(55)50(38(30)54)34-12-13-35(51)46-37(34)53/h6-11,18-20,28,34,40-41H,12-17,21-23H2,1-4H3,(H,47,52)(H,46,51,53). The first-order valence-corrected chi connectivity index (χ1v) is 19.6. The number of nitrogens with one attached hydrogen (secondary N) is 2. The molecule has 13 heteroatoms. The van der Waals surface area contributed by atoms with Gasteiger partial charge in [-0.3, -0.25) is 44.0 Å². The van der Waals surface area contributed by atoms with Gasteiger partial charge in [-0.15, -0.1) is 0 Å². The molecule has 3 fully saturated rings. The normalized spacial score (nSPS) is 24.6. The first-order valence-electron chi connectivity index (χ1n) is 19.2. The number of fused-ring (bicyclic) bond motifs is 2. The molecule has 56 heavy (non-hydrogen) atoms. The first-order chi connectivity index (χ1) is 26.6. The van der Waals surface area contributed by atoms with Gasteiger partial charge in [-0.25, -0.2) is 4.85 Å². The molecule has 5 aliphatic rings. The average molecular weight is 777 g/mol. The number of carbonyl (C=O) groups excluding carboxylic acids is 5. The summed E-state index contributed by atoms with van der Waals surface area (Å²) < 4.78 is 6.38. The SMILES string of the molecule is [C-]#[N+]c1ccc(OC2C(C)(C)C(NC(=O)c3ccc(CN4CCC(N5Cc6cc7c(cc6C5)C(=O)N(C5CCC(=O)NC5=O)C7=O)CC4)cc3)C2(C)C)cc1Cl. The molecule has 0 radical (unpaired) electrons. The van der Waals surface area contributed by atoms with E-state index in [2.05, 4.69) is 53.0 Å². The summed E-state index contributed by atoms with van der Waals surface area (Å²) in [6, 6.07) is 15.9. The minimum absolute atomic E-state index is 0.0940. The van der Waals surface area contributed by atoms with E-state index in [0.717, 1.165) is 54.1 Å². The number of imide groups is 2. The van der Waals surface area contributed by atoms with Gasteiger partial charge < -0.3 is 10.1 Å². The van der Waals surface area contributed by atoms with Crippen LogP contribution in [0.4, 0.5) is 5.69 Å². The number of piperidine rings is 2. The molecule has 3 aromatic carbocycles. The molecule has 12 nitrogen and oxygen atoms in total. The van der Waals surface area contributed by atoms with E-state index in [1.54, 1.807) is 18.2 Å². The molecule has 3 aromatic rings. The number of hydrogen-bond acceptors (Lipinski definition) is 8. The lowest BCUT2D eigenvalue weighted by molar-refractivity contribution is -0.164. The summed E-state index contributed by atoms with van der Waals surface area (Å²) in [6.45, 7) is 19.7. The minimum Gasteiger partial charge on any atom is -0.489 e. The van der Waals surface area contributed by atoms with Crippen LogP contribution in [0.5, 0.6) is 5.75 Å². The lowest BCUT2D eigenvalue weighted by atomic mass is 9.49. The maximum Gasteiger partial charge on any atom is 0.262 e. The highest BCUT2D eigenvalue weighted by molar-refractivity contribution is 6.33. The van der Waals surface area contributed by atoms with Crippen LogP contribution < -0.4 is 15.4 Å². The highest BCUT2D eigenvalue weighted by Gasteiger charge is 2.64. The van der Waals surface area contributed by atoms with Gasteiger partial charge in [-0.1, -0.05) is 57.5 Å². The van der Waals surface area contributed by atoms with Crippen LogP contribution in [-0.4, -0.2) is 81.6 Å². The Labute approximate surface area is 331 Å². The Kier molecular flexibility index (Phi) is 9.54. The van der Waals surface area contributed by atoms with Crippen LogP contribution in [0.25, 0.3) is 4.85 Å². The van der Waals surface area contributed by atoms with E-state index in [9.17, 15) is 24.0 Å². The molecule has 1 atom stereocenters. The predicted octanol–water partition coefficient (Wildman–Crippen LogP) is 5.88. The van der Waals surface area contributed by atoms with Gasteiger partial charge in [0, 0.05) is 54.5 Å². The highest BCUT2D eigenvalue weighted by Crippen LogP contribution is 2.55.